The molecule has 1 aromatic carbocycles. The molecule has 0 saturated carbocycles. The number of rotatable bonds is 9. The fourth-order valence-electron chi connectivity index (χ4n) is 3.72. The second kappa shape index (κ2) is 9.80. The number of carbonyl (C=O) groups excluding carboxylic acids is 2. The van der Waals surface area contributed by atoms with E-state index < -0.39 is 0 Å². The van der Waals surface area contributed by atoms with Crippen LogP contribution in [-0.4, -0.2) is 55.0 Å². The largest absolute Gasteiger partial charge is 0.497 e. The van der Waals surface area contributed by atoms with Gasteiger partial charge in [0.1, 0.15) is 5.75 Å². The number of nitrogens with zero attached hydrogens (tertiary/aromatic N) is 1. The van der Waals surface area contributed by atoms with E-state index in [0.717, 1.165) is 36.4 Å². The SMILES string of the molecule is CCN(CC)CCONC(=O)c1c(C)[nH]c(/C=C2\C(=O)Nc3ccc(OC)cc32)c1C. The number of carbonyl (C=O) groups is 2. The van der Waals surface area contributed by atoms with Gasteiger partial charge in [0.2, 0.25) is 0 Å². The lowest BCUT2D eigenvalue weighted by Crippen LogP contribution is -2.31. The number of amides is 2. The van der Waals surface area contributed by atoms with Crippen LogP contribution in [0.2, 0.25) is 0 Å². The molecule has 8 heteroatoms. The smallest absolute Gasteiger partial charge is 0.276 e. The van der Waals surface area contributed by atoms with Crippen molar-refractivity contribution in [2.75, 3.05) is 38.7 Å². The molecular formula is C23H30N4O4. The molecule has 0 radical (unpaired) electrons. The number of fused-ring (bicyclic) bond motifs is 1. The molecule has 0 unspecified atom stereocenters. The van der Waals surface area contributed by atoms with E-state index in [-0.39, 0.29) is 11.8 Å². The van der Waals surface area contributed by atoms with Crippen molar-refractivity contribution >= 4 is 29.2 Å². The maximum Gasteiger partial charge on any atom is 0.276 e. The number of H-pyrrole nitrogens is 1. The summed E-state index contributed by atoms with van der Waals surface area (Å²) in [6.07, 6.45) is 1.76. The predicted molar refractivity (Wildman–Crippen MR) is 121 cm³/mol. The maximum absolute atomic E-state index is 12.7. The standard InChI is InChI=1S/C23H30N4O4/c1-6-27(7-2)10-11-31-26-23(29)21-14(3)20(24-15(21)4)13-18-17-12-16(30-5)8-9-19(17)25-22(18)28/h8-9,12-13,24H,6-7,10-11H2,1-5H3,(H,25,28)(H,26,29)/b18-13-. The molecule has 2 amide bonds. The highest BCUT2D eigenvalue weighted by molar-refractivity contribution is 6.35. The molecule has 0 spiro atoms. The molecule has 0 fully saturated rings. The summed E-state index contributed by atoms with van der Waals surface area (Å²) in [5, 5.41) is 2.86. The Bertz CT molecular complexity index is 1010. The molecule has 166 valence electrons. The first-order valence-electron chi connectivity index (χ1n) is 10.4. The third-order valence-corrected chi connectivity index (χ3v) is 5.57. The zero-order valence-corrected chi connectivity index (χ0v) is 18.7. The molecule has 3 N–H and O–H groups in total. The van der Waals surface area contributed by atoms with E-state index in [1.54, 1.807) is 19.3 Å². The fourth-order valence-corrected chi connectivity index (χ4v) is 3.72. The highest BCUT2D eigenvalue weighted by atomic mass is 16.7. The number of aromatic amines is 1. The van der Waals surface area contributed by atoms with Gasteiger partial charge in [0, 0.05) is 29.2 Å². The highest BCUT2D eigenvalue weighted by Crippen LogP contribution is 2.36. The number of aryl methyl sites for hydroxylation is 1. The van der Waals surface area contributed by atoms with E-state index in [1.165, 1.54) is 0 Å². The van der Waals surface area contributed by atoms with Gasteiger partial charge < -0.3 is 19.9 Å². The Morgan fingerprint density at radius 2 is 1.97 bits per heavy atom. The number of likely N-dealkylation sites (N-methyl/N-ethyl adjacent to an activating group) is 1. The van der Waals surface area contributed by atoms with Crippen molar-refractivity contribution in [1.29, 1.82) is 0 Å². The van der Waals surface area contributed by atoms with Crippen molar-refractivity contribution in [2.24, 2.45) is 0 Å². The molecule has 1 aliphatic rings. The number of nitrogens with one attached hydrogen (secondary N) is 3. The summed E-state index contributed by atoms with van der Waals surface area (Å²) in [5.41, 5.74) is 7.21. The normalized spacial score (nSPS) is 14.1. The van der Waals surface area contributed by atoms with Gasteiger partial charge in [-0.1, -0.05) is 13.8 Å². The van der Waals surface area contributed by atoms with Gasteiger partial charge in [0.15, 0.2) is 0 Å². The van der Waals surface area contributed by atoms with E-state index >= 15 is 0 Å². The van der Waals surface area contributed by atoms with Crippen LogP contribution in [0, 0.1) is 13.8 Å². The first-order chi connectivity index (χ1) is 14.9. The van der Waals surface area contributed by atoms with Crippen molar-refractivity contribution in [3.05, 3.63) is 46.3 Å². The van der Waals surface area contributed by atoms with Gasteiger partial charge >= 0.3 is 0 Å². The van der Waals surface area contributed by atoms with Crippen molar-refractivity contribution in [3.63, 3.8) is 0 Å². The van der Waals surface area contributed by atoms with E-state index in [1.807, 2.05) is 26.0 Å². The number of hydroxylamine groups is 1. The van der Waals surface area contributed by atoms with Crippen LogP contribution in [0.1, 0.15) is 46.7 Å². The van der Waals surface area contributed by atoms with Gasteiger partial charge in [-0.05, 0) is 56.8 Å². The number of methoxy groups -OCH3 is 1. The van der Waals surface area contributed by atoms with E-state index in [2.05, 4.69) is 34.5 Å². The Morgan fingerprint density at radius 3 is 2.65 bits per heavy atom. The van der Waals surface area contributed by atoms with Crippen LogP contribution in [0.4, 0.5) is 5.69 Å². The van der Waals surface area contributed by atoms with Crippen LogP contribution >= 0.6 is 0 Å². The first kappa shape index (κ1) is 22.6. The van der Waals surface area contributed by atoms with Gasteiger partial charge in [-0.2, -0.15) is 0 Å². The molecule has 31 heavy (non-hydrogen) atoms. The molecular weight excluding hydrogens is 396 g/mol. The molecule has 2 heterocycles. The summed E-state index contributed by atoms with van der Waals surface area (Å²) >= 11 is 0. The number of benzene rings is 1. The summed E-state index contributed by atoms with van der Waals surface area (Å²) in [5.74, 6) is 0.163. The van der Waals surface area contributed by atoms with Crippen molar-refractivity contribution in [1.82, 2.24) is 15.4 Å². The topological polar surface area (TPSA) is 95.7 Å². The van der Waals surface area contributed by atoms with E-state index in [9.17, 15) is 9.59 Å². The van der Waals surface area contributed by atoms with Crippen LogP contribution < -0.4 is 15.5 Å². The maximum atomic E-state index is 12.7. The molecule has 0 atom stereocenters. The lowest BCUT2D eigenvalue weighted by Gasteiger charge is -2.17. The number of hydrogen-bond acceptors (Lipinski definition) is 5. The predicted octanol–water partition coefficient (Wildman–Crippen LogP) is 3.14. The lowest BCUT2D eigenvalue weighted by atomic mass is 10.0. The zero-order valence-electron chi connectivity index (χ0n) is 18.7. The summed E-state index contributed by atoms with van der Waals surface area (Å²) in [6, 6.07) is 5.43. The van der Waals surface area contributed by atoms with Gasteiger partial charge in [0.25, 0.3) is 11.8 Å². The average molecular weight is 427 g/mol. The Hall–Kier alpha value is -3.10. The second-order valence-corrected chi connectivity index (χ2v) is 7.39. The molecule has 0 saturated heterocycles. The highest BCUT2D eigenvalue weighted by Gasteiger charge is 2.26. The third-order valence-electron chi connectivity index (χ3n) is 5.57. The second-order valence-electron chi connectivity index (χ2n) is 7.39. The minimum absolute atomic E-state index is 0.194. The van der Waals surface area contributed by atoms with Crippen LogP contribution in [0.25, 0.3) is 11.6 Å². The number of ether oxygens (including phenoxy) is 1. The summed E-state index contributed by atoms with van der Waals surface area (Å²) in [7, 11) is 1.59. The molecule has 8 nitrogen and oxygen atoms in total. The summed E-state index contributed by atoms with van der Waals surface area (Å²) in [4.78, 5) is 36.0. The molecule has 3 rings (SSSR count). The molecule has 1 aliphatic heterocycles. The molecule has 0 bridgehead atoms. The third kappa shape index (κ3) is 4.81. The van der Waals surface area contributed by atoms with Crippen LogP contribution in [0.3, 0.4) is 0 Å². The van der Waals surface area contributed by atoms with Gasteiger partial charge in [-0.25, -0.2) is 5.48 Å². The van der Waals surface area contributed by atoms with Gasteiger partial charge in [-0.3, -0.25) is 14.4 Å². The van der Waals surface area contributed by atoms with Crippen LogP contribution in [0.15, 0.2) is 18.2 Å². The van der Waals surface area contributed by atoms with Crippen molar-refractivity contribution in [2.45, 2.75) is 27.7 Å². The molecule has 0 aliphatic carbocycles. The average Bonchev–Trinajstić information content (AvgIpc) is 3.22. The monoisotopic (exact) mass is 426 g/mol. The van der Waals surface area contributed by atoms with Crippen molar-refractivity contribution in [3.8, 4) is 5.75 Å². The van der Waals surface area contributed by atoms with Crippen molar-refractivity contribution < 1.29 is 19.2 Å². The summed E-state index contributed by atoms with van der Waals surface area (Å²) < 4.78 is 5.28. The Kier molecular flexibility index (Phi) is 7.14. The lowest BCUT2D eigenvalue weighted by molar-refractivity contribution is -0.110. The molecule has 2 aromatic rings. The van der Waals surface area contributed by atoms with Crippen LogP contribution in [-0.2, 0) is 9.63 Å². The minimum atomic E-state index is -0.312. The van der Waals surface area contributed by atoms with E-state index in [0.29, 0.717) is 34.9 Å². The van der Waals surface area contributed by atoms with Gasteiger partial charge in [0.05, 0.1) is 24.9 Å². The first-order valence-corrected chi connectivity index (χ1v) is 10.4. The Balaban J connectivity index is 1.78. The number of hydrogen-bond donors (Lipinski definition) is 3. The minimum Gasteiger partial charge on any atom is -0.497 e. The number of anilines is 1. The molecule has 1 aromatic heterocycles. The van der Waals surface area contributed by atoms with Gasteiger partial charge in [-0.15, -0.1) is 0 Å². The quantitative estimate of drug-likeness (QED) is 0.325. The summed E-state index contributed by atoms with van der Waals surface area (Å²) in [6.45, 7) is 10.9. The van der Waals surface area contributed by atoms with Crippen LogP contribution in [0.5, 0.6) is 5.75 Å². The fraction of sp³-hybridized carbons (Fsp3) is 0.391. The Morgan fingerprint density at radius 1 is 1.23 bits per heavy atom. The Labute approximate surface area is 182 Å². The zero-order chi connectivity index (χ0) is 22.5. The number of aromatic nitrogens is 1. The van der Waals surface area contributed by atoms with E-state index in [4.69, 9.17) is 9.57 Å².